The summed E-state index contributed by atoms with van der Waals surface area (Å²) in [5, 5.41) is 9.99. The minimum Gasteiger partial charge on any atom is -0.390 e. The Morgan fingerprint density at radius 1 is 0.905 bits per heavy atom. The van der Waals surface area contributed by atoms with Crippen LogP contribution in [0.15, 0.2) is 54.6 Å². The van der Waals surface area contributed by atoms with Crippen molar-refractivity contribution >= 4 is 0 Å². The molecule has 3 rings (SSSR count). The summed E-state index contributed by atoms with van der Waals surface area (Å²) in [6.07, 6.45) is 1.74. The van der Waals surface area contributed by atoms with Gasteiger partial charge in [0.15, 0.2) is 0 Å². The summed E-state index contributed by atoms with van der Waals surface area (Å²) in [5.41, 5.74) is 3.41. The molecule has 0 unspecified atom stereocenters. The van der Waals surface area contributed by atoms with Gasteiger partial charge in [-0.2, -0.15) is 0 Å². The Balaban J connectivity index is 1.63. The van der Waals surface area contributed by atoms with Gasteiger partial charge in [0, 0.05) is 19.6 Å². The van der Waals surface area contributed by atoms with Gasteiger partial charge in [-0.3, -0.25) is 4.90 Å². The predicted molar refractivity (Wildman–Crippen MR) is 87.0 cm³/mol. The van der Waals surface area contributed by atoms with Crippen molar-refractivity contribution in [1.82, 2.24) is 4.90 Å². The molecule has 2 aromatic rings. The molecule has 0 atom stereocenters. The maximum absolute atomic E-state index is 9.99. The van der Waals surface area contributed by atoms with Crippen LogP contribution in [-0.2, 0) is 6.54 Å². The second-order valence-electron chi connectivity index (χ2n) is 6.34. The topological polar surface area (TPSA) is 23.5 Å². The normalized spacial score (nSPS) is 18.6. The van der Waals surface area contributed by atoms with Gasteiger partial charge < -0.3 is 5.11 Å². The van der Waals surface area contributed by atoms with Crippen LogP contribution >= 0.6 is 0 Å². The van der Waals surface area contributed by atoms with Gasteiger partial charge in [0.2, 0.25) is 0 Å². The number of benzene rings is 2. The molecular weight excluding hydrogens is 258 g/mol. The van der Waals surface area contributed by atoms with Crippen LogP contribution < -0.4 is 0 Å². The summed E-state index contributed by atoms with van der Waals surface area (Å²) in [5.74, 6) is 0. The van der Waals surface area contributed by atoms with E-state index in [1.54, 1.807) is 0 Å². The first-order valence-corrected chi connectivity index (χ1v) is 7.72. The average molecular weight is 281 g/mol. The molecule has 2 aromatic carbocycles. The second-order valence-corrected chi connectivity index (χ2v) is 6.34. The zero-order chi connectivity index (χ0) is 14.7. The zero-order valence-corrected chi connectivity index (χ0v) is 12.6. The lowest BCUT2D eigenvalue weighted by atomic mass is 9.93. The van der Waals surface area contributed by atoms with Crippen molar-refractivity contribution in [3.05, 3.63) is 60.2 Å². The third kappa shape index (κ3) is 3.72. The van der Waals surface area contributed by atoms with Gasteiger partial charge in [0.05, 0.1) is 5.60 Å². The number of aliphatic hydroxyl groups is 1. The fraction of sp³-hybridized carbons (Fsp3) is 0.368. The summed E-state index contributed by atoms with van der Waals surface area (Å²) in [6, 6.07) is 19.3. The first-order valence-electron chi connectivity index (χ1n) is 7.72. The van der Waals surface area contributed by atoms with Gasteiger partial charge in [0.1, 0.15) is 0 Å². The molecule has 0 aliphatic carbocycles. The smallest absolute Gasteiger partial charge is 0.0644 e. The Hall–Kier alpha value is -1.64. The van der Waals surface area contributed by atoms with E-state index in [0.29, 0.717) is 0 Å². The first kappa shape index (κ1) is 14.3. The Bertz CT molecular complexity index is 564. The quantitative estimate of drug-likeness (QED) is 0.927. The number of hydrogen-bond acceptors (Lipinski definition) is 2. The largest absolute Gasteiger partial charge is 0.390 e. The maximum atomic E-state index is 9.99. The second kappa shape index (κ2) is 6.00. The molecule has 2 heteroatoms. The van der Waals surface area contributed by atoms with Crippen molar-refractivity contribution in [3.63, 3.8) is 0 Å². The Morgan fingerprint density at radius 2 is 1.48 bits per heavy atom. The van der Waals surface area contributed by atoms with Gasteiger partial charge in [-0.15, -0.1) is 0 Å². The zero-order valence-electron chi connectivity index (χ0n) is 12.6. The van der Waals surface area contributed by atoms with Crippen LogP contribution in [0.3, 0.4) is 0 Å². The Kier molecular flexibility index (Phi) is 4.09. The lowest BCUT2D eigenvalue weighted by molar-refractivity contribution is -0.00729. The molecule has 1 fully saturated rings. The summed E-state index contributed by atoms with van der Waals surface area (Å²) in [4.78, 5) is 2.43. The van der Waals surface area contributed by atoms with Crippen LogP contribution in [-0.4, -0.2) is 28.7 Å². The van der Waals surface area contributed by atoms with E-state index >= 15 is 0 Å². The minimum absolute atomic E-state index is 0.465. The number of hydrogen-bond donors (Lipinski definition) is 1. The van der Waals surface area contributed by atoms with E-state index in [2.05, 4.69) is 53.4 Å². The van der Waals surface area contributed by atoms with Crippen molar-refractivity contribution in [2.75, 3.05) is 13.1 Å². The molecule has 0 spiro atoms. The van der Waals surface area contributed by atoms with E-state index in [-0.39, 0.29) is 0 Å². The van der Waals surface area contributed by atoms with Crippen LogP contribution in [0.25, 0.3) is 11.1 Å². The molecule has 1 heterocycles. The van der Waals surface area contributed by atoms with E-state index in [0.717, 1.165) is 32.5 Å². The lowest BCUT2D eigenvalue weighted by Crippen LogP contribution is -2.41. The lowest BCUT2D eigenvalue weighted by Gasteiger charge is -2.35. The average Bonchev–Trinajstić information content (AvgIpc) is 2.51. The van der Waals surface area contributed by atoms with Crippen molar-refractivity contribution in [2.24, 2.45) is 0 Å². The van der Waals surface area contributed by atoms with E-state index < -0.39 is 5.60 Å². The first-order chi connectivity index (χ1) is 10.1. The highest BCUT2D eigenvalue weighted by Gasteiger charge is 2.26. The van der Waals surface area contributed by atoms with Crippen molar-refractivity contribution < 1.29 is 5.11 Å². The highest BCUT2D eigenvalue weighted by Crippen LogP contribution is 2.23. The SMILES string of the molecule is CC1(O)CCN(Cc2ccc(-c3ccccc3)cc2)CC1. The van der Waals surface area contributed by atoms with E-state index in [9.17, 15) is 5.11 Å². The van der Waals surface area contributed by atoms with Gasteiger partial charge in [0.25, 0.3) is 0 Å². The molecule has 1 aliphatic rings. The van der Waals surface area contributed by atoms with Crippen LogP contribution in [0.4, 0.5) is 0 Å². The fourth-order valence-electron chi connectivity index (χ4n) is 2.88. The van der Waals surface area contributed by atoms with Gasteiger partial charge in [-0.05, 0) is 36.5 Å². The van der Waals surface area contributed by atoms with Crippen LogP contribution in [0, 0.1) is 0 Å². The highest BCUT2D eigenvalue weighted by atomic mass is 16.3. The van der Waals surface area contributed by atoms with Crippen LogP contribution in [0.5, 0.6) is 0 Å². The summed E-state index contributed by atoms with van der Waals surface area (Å²) in [7, 11) is 0. The number of piperidine rings is 1. The summed E-state index contributed by atoms with van der Waals surface area (Å²) in [6.45, 7) is 4.88. The molecule has 0 radical (unpaired) electrons. The predicted octanol–water partition coefficient (Wildman–Crippen LogP) is 3.70. The number of nitrogens with zero attached hydrogens (tertiary/aromatic N) is 1. The molecule has 1 saturated heterocycles. The Morgan fingerprint density at radius 3 is 2.10 bits per heavy atom. The van der Waals surface area contributed by atoms with Crippen molar-refractivity contribution in [2.45, 2.75) is 31.9 Å². The van der Waals surface area contributed by atoms with Crippen LogP contribution in [0.2, 0.25) is 0 Å². The molecule has 0 aromatic heterocycles. The standard InChI is InChI=1S/C19H23NO/c1-19(21)11-13-20(14-12-19)15-16-7-9-18(10-8-16)17-5-3-2-4-6-17/h2-10,21H,11-15H2,1H3. The molecule has 0 saturated carbocycles. The maximum Gasteiger partial charge on any atom is 0.0644 e. The molecule has 1 aliphatic heterocycles. The number of likely N-dealkylation sites (tertiary alicyclic amines) is 1. The van der Waals surface area contributed by atoms with Crippen LogP contribution in [0.1, 0.15) is 25.3 Å². The van der Waals surface area contributed by atoms with Gasteiger partial charge >= 0.3 is 0 Å². The third-order valence-electron chi connectivity index (χ3n) is 4.40. The van der Waals surface area contributed by atoms with Crippen molar-refractivity contribution in [1.29, 1.82) is 0 Å². The molecule has 2 nitrogen and oxygen atoms in total. The summed E-state index contributed by atoms with van der Waals surface area (Å²) < 4.78 is 0. The highest BCUT2D eigenvalue weighted by molar-refractivity contribution is 5.63. The summed E-state index contributed by atoms with van der Waals surface area (Å²) >= 11 is 0. The Labute approximate surface area is 127 Å². The fourth-order valence-corrected chi connectivity index (χ4v) is 2.88. The third-order valence-corrected chi connectivity index (χ3v) is 4.40. The molecular formula is C19H23NO. The molecule has 0 bridgehead atoms. The minimum atomic E-state index is -0.465. The van der Waals surface area contributed by atoms with E-state index in [4.69, 9.17) is 0 Å². The molecule has 1 N–H and O–H groups in total. The molecule has 110 valence electrons. The molecule has 21 heavy (non-hydrogen) atoms. The van der Waals surface area contributed by atoms with Crippen molar-refractivity contribution in [3.8, 4) is 11.1 Å². The monoisotopic (exact) mass is 281 g/mol. The molecule has 0 amide bonds. The van der Waals surface area contributed by atoms with Gasteiger partial charge in [-0.25, -0.2) is 0 Å². The van der Waals surface area contributed by atoms with E-state index in [1.165, 1.54) is 16.7 Å². The van der Waals surface area contributed by atoms with Gasteiger partial charge in [-0.1, -0.05) is 54.6 Å². The van der Waals surface area contributed by atoms with E-state index in [1.807, 2.05) is 13.0 Å². The number of rotatable bonds is 3.